The first kappa shape index (κ1) is 13.3. The largest absolute Gasteiger partial charge is 0.480 e. The second-order valence-corrected chi connectivity index (χ2v) is 4.73. The van der Waals surface area contributed by atoms with E-state index in [-0.39, 0.29) is 12.6 Å². The van der Waals surface area contributed by atoms with Crippen molar-refractivity contribution in [2.24, 2.45) is 7.05 Å². The summed E-state index contributed by atoms with van der Waals surface area (Å²) in [5.74, 6) is -1.44. The van der Waals surface area contributed by atoms with Gasteiger partial charge in [0.25, 0.3) is 0 Å². The van der Waals surface area contributed by atoms with Crippen LogP contribution in [0.25, 0.3) is 0 Å². The quantitative estimate of drug-likeness (QED) is 0.742. The van der Waals surface area contributed by atoms with E-state index >= 15 is 0 Å². The Morgan fingerprint density at radius 2 is 2.21 bits per heavy atom. The van der Waals surface area contributed by atoms with E-state index in [1.807, 2.05) is 0 Å². The number of carbonyl (C=O) groups is 2. The molecular weight excluding hydrogens is 252 g/mol. The topological polar surface area (TPSA) is 97.4 Å². The average molecular weight is 268 g/mol. The maximum Gasteiger partial charge on any atom is 0.345 e. The summed E-state index contributed by atoms with van der Waals surface area (Å²) in [5, 5.41) is 12.8. The Bertz CT molecular complexity index is 557. The molecule has 1 aliphatic carbocycles. The predicted octanol–water partition coefficient (Wildman–Crippen LogP) is -0.954. The van der Waals surface area contributed by atoms with Crippen LogP contribution in [0.5, 0.6) is 0 Å². The highest BCUT2D eigenvalue weighted by atomic mass is 16.4. The van der Waals surface area contributed by atoms with E-state index in [1.165, 1.54) is 29.8 Å². The molecule has 0 bridgehead atoms. The lowest BCUT2D eigenvalue weighted by Gasteiger charge is -2.26. The summed E-state index contributed by atoms with van der Waals surface area (Å²) in [4.78, 5) is 36.1. The molecule has 0 saturated heterocycles. The number of aromatic nitrogens is 3. The highest BCUT2D eigenvalue weighted by Gasteiger charge is 2.38. The van der Waals surface area contributed by atoms with Gasteiger partial charge in [-0.1, -0.05) is 0 Å². The third kappa shape index (κ3) is 2.67. The Hall–Kier alpha value is -2.12. The summed E-state index contributed by atoms with van der Waals surface area (Å²) >= 11 is 0. The molecule has 1 N–H and O–H groups in total. The molecule has 1 aliphatic rings. The van der Waals surface area contributed by atoms with Gasteiger partial charge < -0.3 is 10.0 Å². The predicted molar refractivity (Wildman–Crippen MR) is 64.4 cm³/mol. The van der Waals surface area contributed by atoms with Crippen LogP contribution in [0.3, 0.4) is 0 Å². The number of carboxylic acid groups (broad SMARTS) is 1. The molecule has 1 heterocycles. The summed E-state index contributed by atoms with van der Waals surface area (Å²) in [6, 6.07) is -0.919. The Balaban J connectivity index is 2.14. The van der Waals surface area contributed by atoms with Crippen LogP contribution < -0.4 is 5.69 Å². The third-order valence-corrected chi connectivity index (χ3v) is 3.17. The van der Waals surface area contributed by atoms with Crippen molar-refractivity contribution in [3.05, 3.63) is 16.8 Å². The second-order valence-electron chi connectivity index (χ2n) is 4.73. The van der Waals surface area contributed by atoms with Crippen LogP contribution in [0, 0.1) is 0 Å². The maximum absolute atomic E-state index is 12.2. The number of carbonyl (C=O) groups excluding carboxylic acids is 1. The van der Waals surface area contributed by atoms with Crippen molar-refractivity contribution in [3.8, 4) is 0 Å². The fourth-order valence-electron chi connectivity index (χ4n) is 1.95. The van der Waals surface area contributed by atoms with Crippen LogP contribution in [0.4, 0.5) is 0 Å². The van der Waals surface area contributed by atoms with Crippen molar-refractivity contribution < 1.29 is 14.7 Å². The van der Waals surface area contributed by atoms with Crippen molar-refractivity contribution in [1.29, 1.82) is 0 Å². The summed E-state index contributed by atoms with van der Waals surface area (Å²) < 4.78 is 2.29. The van der Waals surface area contributed by atoms with Gasteiger partial charge in [0.05, 0.1) is 0 Å². The zero-order valence-corrected chi connectivity index (χ0v) is 10.8. The first-order valence-corrected chi connectivity index (χ1v) is 6.04. The number of rotatable bonds is 5. The highest BCUT2D eigenvalue weighted by molar-refractivity contribution is 5.83. The lowest BCUT2D eigenvalue weighted by molar-refractivity contribution is -0.150. The maximum atomic E-state index is 12.2. The van der Waals surface area contributed by atoms with Crippen LogP contribution in [-0.2, 0) is 23.2 Å². The molecule has 19 heavy (non-hydrogen) atoms. The molecular formula is C11H16N4O4. The van der Waals surface area contributed by atoms with Gasteiger partial charge in [0.2, 0.25) is 5.91 Å². The molecule has 2 rings (SSSR count). The Labute approximate surface area is 109 Å². The molecule has 1 atom stereocenters. The molecule has 1 aromatic rings. The lowest BCUT2D eigenvalue weighted by Crippen LogP contribution is -2.47. The van der Waals surface area contributed by atoms with Gasteiger partial charge in [-0.2, -0.15) is 5.10 Å². The number of hydrogen-bond donors (Lipinski definition) is 1. The second kappa shape index (κ2) is 4.87. The van der Waals surface area contributed by atoms with Gasteiger partial charge in [-0.3, -0.25) is 9.36 Å². The monoisotopic (exact) mass is 268 g/mol. The van der Waals surface area contributed by atoms with E-state index in [0.29, 0.717) is 0 Å². The molecule has 1 fully saturated rings. The van der Waals surface area contributed by atoms with Crippen molar-refractivity contribution >= 4 is 11.9 Å². The van der Waals surface area contributed by atoms with Crippen molar-refractivity contribution in [2.75, 3.05) is 0 Å². The minimum absolute atomic E-state index is 0.0296. The zero-order valence-electron chi connectivity index (χ0n) is 10.8. The number of aryl methyl sites for hydroxylation is 1. The van der Waals surface area contributed by atoms with E-state index in [9.17, 15) is 14.4 Å². The van der Waals surface area contributed by atoms with Gasteiger partial charge in [0, 0.05) is 13.1 Å². The van der Waals surface area contributed by atoms with Crippen molar-refractivity contribution in [3.63, 3.8) is 0 Å². The summed E-state index contributed by atoms with van der Waals surface area (Å²) in [6.07, 6.45) is 2.93. The molecule has 104 valence electrons. The van der Waals surface area contributed by atoms with Gasteiger partial charge in [0.15, 0.2) is 0 Å². The smallest absolute Gasteiger partial charge is 0.345 e. The van der Waals surface area contributed by atoms with Crippen molar-refractivity contribution in [1.82, 2.24) is 19.2 Å². The summed E-state index contributed by atoms with van der Waals surface area (Å²) in [6.45, 7) is 1.24. The van der Waals surface area contributed by atoms with E-state index in [2.05, 4.69) is 5.10 Å². The molecule has 0 radical (unpaired) electrons. The SMILES string of the molecule is CC(C(=O)O)N(C(=O)Cn1ncn(C)c1=O)C1CC1. The highest BCUT2D eigenvalue weighted by Crippen LogP contribution is 2.29. The van der Waals surface area contributed by atoms with Crippen LogP contribution >= 0.6 is 0 Å². The first-order chi connectivity index (χ1) is 8.91. The Kier molecular flexibility index (Phi) is 3.41. The summed E-state index contributed by atoms with van der Waals surface area (Å²) in [5.41, 5.74) is -0.396. The molecule has 1 amide bonds. The molecule has 8 nitrogen and oxygen atoms in total. The number of hydrogen-bond acceptors (Lipinski definition) is 4. The number of carboxylic acids is 1. The van der Waals surface area contributed by atoms with E-state index in [4.69, 9.17) is 5.11 Å². The van der Waals surface area contributed by atoms with Crippen molar-refractivity contribution in [2.45, 2.75) is 38.4 Å². The molecule has 1 aromatic heterocycles. The van der Waals surface area contributed by atoms with Gasteiger partial charge in [-0.25, -0.2) is 14.3 Å². The van der Waals surface area contributed by atoms with E-state index in [1.54, 1.807) is 0 Å². The molecule has 1 saturated carbocycles. The van der Waals surface area contributed by atoms with Gasteiger partial charge in [-0.05, 0) is 19.8 Å². The summed E-state index contributed by atoms with van der Waals surface area (Å²) in [7, 11) is 1.54. The number of amides is 1. The average Bonchev–Trinajstić information content (AvgIpc) is 3.12. The Morgan fingerprint density at radius 1 is 1.58 bits per heavy atom. The van der Waals surface area contributed by atoms with E-state index in [0.717, 1.165) is 17.5 Å². The van der Waals surface area contributed by atoms with E-state index < -0.39 is 23.6 Å². The van der Waals surface area contributed by atoms with Gasteiger partial charge in [0.1, 0.15) is 18.9 Å². The van der Waals surface area contributed by atoms with Crippen LogP contribution in [-0.4, -0.2) is 48.3 Å². The Morgan fingerprint density at radius 3 is 2.63 bits per heavy atom. The normalized spacial score (nSPS) is 16.1. The third-order valence-electron chi connectivity index (χ3n) is 3.17. The minimum Gasteiger partial charge on any atom is -0.480 e. The molecule has 0 spiro atoms. The molecule has 8 heteroatoms. The van der Waals surface area contributed by atoms with Gasteiger partial charge >= 0.3 is 11.7 Å². The number of nitrogens with zero attached hydrogens (tertiary/aromatic N) is 4. The molecule has 0 aromatic carbocycles. The fraction of sp³-hybridized carbons (Fsp3) is 0.636. The first-order valence-electron chi connectivity index (χ1n) is 6.04. The molecule has 0 aliphatic heterocycles. The lowest BCUT2D eigenvalue weighted by atomic mass is 10.2. The van der Waals surface area contributed by atoms with Crippen LogP contribution in [0.1, 0.15) is 19.8 Å². The number of aliphatic carboxylic acids is 1. The zero-order chi connectivity index (χ0) is 14.2. The van der Waals surface area contributed by atoms with Crippen LogP contribution in [0.15, 0.2) is 11.1 Å². The minimum atomic E-state index is -1.05. The van der Waals surface area contributed by atoms with Crippen LogP contribution in [0.2, 0.25) is 0 Å². The standard InChI is InChI=1S/C11H16N4O4/c1-7(10(17)18)15(8-3-4-8)9(16)5-14-11(19)13(2)6-12-14/h6-8H,3-5H2,1-2H3,(H,17,18). The fourth-order valence-corrected chi connectivity index (χ4v) is 1.95. The molecule has 1 unspecified atom stereocenters. The van der Waals surface area contributed by atoms with Gasteiger partial charge in [-0.15, -0.1) is 0 Å².